The Hall–Kier alpha value is -0.870. The van der Waals surface area contributed by atoms with Crippen molar-refractivity contribution in [2.75, 3.05) is 13.3 Å². The average molecular weight is 309 g/mol. The van der Waals surface area contributed by atoms with Crippen LogP contribution in [0.25, 0.3) is 0 Å². The van der Waals surface area contributed by atoms with Crippen molar-refractivity contribution in [3.05, 3.63) is 29.8 Å². The lowest BCUT2D eigenvalue weighted by Crippen LogP contribution is -2.28. The van der Waals surface area contributed by atoms with E-state index >= 15 is 0 Å². The quantitative estimate of drug-likeness (QED) is 0.904. The second kappa shape index (κ2) is 6.93. The van der Waals surface area contributed by atoms with E-state index in [-0.39, 0.29) is 6.04 Å². The van der Waals surface area contributed by atoms with Crippen LogP contribution in [0, 0.1) is 11.8 Å². The van der Waals surface area contributed by atoms with Crippen molar-refractivity contribution < 1.29 is 8.42 Å². The maximum Gasteiger partial charge on any atom is 0.175 e. The third-order valence-electron chi connectivity index (χ3n) is 4.90. The molecule has 3 nitrogen and oxygen atoms in total. The van der Waals surface area contributed by atoms with E-state index in [1.165, 1.54) is 38.4 Å². The third kappa shape index (κ3) is 4.07. The van der Waals surface area contributed by atoms with Crippen LogP contribution in [0.15, 0.2) is 29.2 Å². The van der Waals surface area contributed by atoms with Crippen LogP contribution in [0.3, 0.4) is 0 Å². The van der Waals surface area contributed by atoms with Gasteiger partial charge in [0.05, 0.1) is 4.90 Å². The molecule has 1 N–H and O–H groups in total. The van der Waals surface area contributed by atoms with Gasteiger partial charge in [-0.05, 0) is 49.4 Å². The summed E-state index contributed by atoms with van der Waals surface area (Å²) in [5.41, 5.74) is 1.10. The van der Waals surface area contributed by atoms with Gasteiger partial charge in [0.25, 0.3) is 0 Å². The summed E-state index contributed by atoms with van der Waals surface area (Å²) in [5.74, 6) is 1.48. The summed E-state index contributed by atoms with van der Waals surface area (Å²) in [6, 6.07) is 7.67. The van der Waals surface area contributed by atoms with Gasteiger partial charge in [0.15, 0.2) is 9.84 Å². The van der Waals surface area contributed by atoms with Gasteiger partial charge in [-0.25, -0.2) is 8.42 Å². The summed E-state index contributed by atoms with van der Waals surface area (Å²) in [6.07, 6.45) is 7.60. The molecule has 118 valence electrons. The molecule has 0 aromatic heterocycles. The molecular weight excluding hydrogens is 282 g/mol. The zero-order valence-electron chi connectivity index (χ0n) is 13.3. The summed E-state index contributed by atoms with van der Waals surface area (Å²) < 4.78 is 23.5. The van der Waals surface area contributed by atoms with Crippen LogP contribution in [-0.2, 0) is 9.84 Å². The van der Waals surface area contributed by atoms with Gasteiger partial charge in [0, 0.05) is 12.3 Å². The van der Waals surface area contributed by atoms with Gasteiger partial charge in [0.2, 0.25) is 0 Å². The van der Waals surface area contributed by atoms with E-state index in [1.807, 2.05) is 25.2 Å². The molecule has 2 rings (SSSR count). The minimum Gasteiger partial charge on any atom is -0.313 e. The predicted octanol–water partition coefficient (Wildman–Crippen LogP) is 3.57. The lowest BCUT2D eigenvalue weighted by Gasteiger charge is -2.34. The highest BCUT2D eigenvalue weighted by Crippen LogP contribution is 2.38. The summed E-state index contributed by atoms with van der Waals surface area (Å²) in [6.45, 7) is 2.27. The van der Waals surface area contributed by atoms with Crippen LogP contribution in [0.1, 0.15) is 50.6 Å². The molecule has 0 spiro atoms. The largest absolute Gasteiger partial charge is 0.313 e. The van der Waals surface area contributed by atoms with Gasteiger partial charge in [-0.1, -0.05) is 38.3 Å². The Balaban J connectivity index is 2.18. The van der Waals surface area contributed by atoms with Crippen molar-refractivity contribution >= 4 is 9.84 Å². The number of sulfone groups is 1. The van der Waals surface area contributed by atoms with Gasteiger partial charge in [-0.15, -0.1) is 0 Å². The molecule has 0 heterocycles. The first kappa shape index (κ1) is 16.5. The highest BCUT2D eigenvalue weighted by atomic mass is 32.2. The van der Waals surface area contributed by atoms with E-state index in [4.69, 9.17) is 0 Å². The Labute approximate surface area is 129 Å². The second-order valence-electron chi connectivity index (χ2n) is 6.30. The second-order valence-corrected chi connectivity index (χ2v) is 8.32. The first-order chi connectivity index (χ1) is 9.95. The molecule has 0 radical (unpaired) electrons. The van der Waals surface area contributed by atoms with E-state index in [9.17, 15) is 8.42 Å². The van der Waals surface area contributed by atoms with Crippen molar-refractivity contribution in [1.29, 1.82) is 0 Å². The van der Waals surface area contributed by atoms with Gasteiger partial charge in [-0.2, -0.15) is 0 Å². The Morgan fingerprint density at radius 2 is 1.90 bits per heavy atom. The molecule has 1 aliphatic carbocycles. The molecule has 0 bridgehead atoms. The lowest BCUT2D eigenvalue weighted by atomic mass is 9.76. The van der Waals surface area contributed by atoms with Crippen LogP contribution in [0.2, 0.25) is 0 Å². The first-order valence-corrected chi connectivity index (χ1v) is 9.82. The summed E-state index contributed by atoms with van der Waals surface area (Å²) >= 11 is 0. The maximum absolute atomic E-state index is 11.7. The molecule has 1 saturated carbocycles. The SMILES string of the molecule is CCC1CCC(C(NC)c2cccc(S(C)(=O)=O)c2)CC1. The molecule has 1 unspecified atom stereocenters. The number of hydrogen-bond acceptors (Lipinski definition) is 3. The smallest absolute Gasteiger partial charge is 0.175 e. The minimum atomic E-state index is -3.14. The molecule has 0 saturated heterocycles. The van der Waals surface area contributed by atoms with E-state index in [1.54, 1.807) is 6.07 Å². The molecule has 1 aromatic rings. The Kier molecular flexibility index (Phi) is 5.44. The van der Waals surface area contributed by atoms with E-state index in [0.717, 1.165) is 11.5 Å². The number of nitrogens with one attached hydrogen (secondary N) is 1. The van der Waals surface area contributed by atoms with Crippen molar-refractivity contribution in [3.8, 4) is 0 Å². The van der Waals surface area contributed by atoms with Gasteiger partial charge in [-0.3, -0.25) is 0 Å². The fourth-order valence-corrected chi connectivity index (χ4v) is 4.22. The fourth-order valence-electron chi connectivity index (χ4n) is 3.54. The molecule has 0 amide bonds. The standard InChI is InChI=1S/C17H27NO2S/c1-4-13-8-10-14(11-9-13)17(18-2)15-6-5-7-16(12-15)21(3,19)20/h5-7,12-14,17-18H,4,8-11H2,1-3H3. The molecule has 0 aliphatic heterocycles. The van der Waals surface area contributed by atoms with Crippen LogP contribution in [0.4, 0.5) is 0 Å². The Morgan fingerprint density at radius 3 is 2.43 bits per heavy atom. The Morgan fingerprint density at radius 1 is 1.24 bits per heavy atom. The molecule has 1 fully saturated rings. The summed E-state index contributed by atoms with van der Waals surface area (Å²) in [7, 11) is -1.16. The predicted molar refractivity (Wildman–Crippen MR) is 87.1 cm³/mol. The third-order valence-corrected chi connectivity index (χ3v) is 6.01. The van der Waals surface area contributed by atoms with Crippen molar-refractivity contribution in [1.82, 2.24) is 5.32 Å². The van der Waals surface area contributed by atoms with Crippen LogP contribution < -0.4 is 5.32 Å². The molecule has 21 heavy (non-hydrogen) atoms. The Bertz CT molecular complexity index is 560. The highest BCUT2D eigenvalue weighted by molar-refractivity contribution is 7.90. The normalized spacial score (nSPS) is 24.7. The molecule has 1 aromatic carbocycles. The van der Waals surface area contributed by atoms with Crippen molar-refractivity contribution in [2.45, 2.75) is 50.0 Å². The number of rotatable bonds is 5. The number of hydrogen-bond donors (Lipinski definition) is 1. The zero-order valence-corrected chi connectivity index (χ0v) is 14.1. The fraction of sp³-hybridized carbons (Fsp3) is 0.647. The van der Waals surface area contributed by atoms with Crippen molar-refractivity contribution in [3.63, 3.8) is 0 Å². The monoisotopic (exact) mass is 309 g/mol. The topological polar surface area (TPSA) is 46.2 Å². The van der Waals surface area contributed by atoms with E-state index in [0.29, 0.717) is 10.8 Å². The van der Waals surface area contributed by atoms with Crippen LogP contribution in [0.5, 0.6) is 0 Å². The van der Waals surface area contributed by atoms with Gasteiger partial charge >= 0.3 is 0 Å². The van der Waals surface area contributed by atoms with Crippen LogP contribution in [-0.4, -0.2) is 21.7 Å². The van der Waals surface area contributed by atoms with Crippen LogP contribution >= 0.6 is 0 Å². The molecular formula is C17H27NO2S. The minimum absolute atomic E-state index is 0.254. The highest BCUT2D eigenvalue weighted by Gasteiger charge is 2.27. The zero-order chi connectivity index (χ0) is 15.5. The maximum atomic E-state index is 11.7. The lowest BCUT2D eigenvalue weighted by molar-refractivity contribution is 0.224. The molecule has 1 aliphatic rings. The summed E-state index contributed by atoms with van der Waals surface area (Å²) in [4.78, 5) is 0.419. The van der Waals surface area contributed by atoms with Crippen molar-refractivity contribution in [2.24, 2.45) is 11.8 Å². The average Bonchev–Trinajstić information content (AvgIpc) is 2.48. The van der Waals surface area contributed by atoms with Gasteiger partial charge in [0.1, 0.15) is 0 Å². The number of benzene rings is 1. The molecule has 4 heteroatoms. The van der Waals surface area contributed by atoms with E-state index < -0.39 is 9.84 Å². The van der Waals surface area contributed by atoms with E-state index in [2.05, 4.69) is 12.2 Å². The summed E-state index contributed by atoms with van der Waals surface area (Å²) in [5, 5.41) is 3.40. The first-order valence-electron chi connectivity index (χ1n) is 7.93. The molecule has 1 atom stereocenters. The van der Waals surface area contributed by atoms with Gasteiger partial charge < -0.3 is 5.32 Å².